The predicted octanol–water partition coefficient (Wildman–Crippen LogP) is 5.42. The van der Waals surface area contributed by atoms with Gasteiger partial charge in [-0.1, -0.05) is 29.8 Å². The highest BCUT2D eigenvalue weighted by Gasteiger charge is 2.25. The Hall–Kier alpha value is -3.12. The second-order valence-electron chi connectivity index (χ2n) is 7.56. The lowest BCUT2D eigenvalue weighted by atomic mass is 10.0. The van der Waals surface area contributed by atoms with Crippen LogP contribution < -0.4 is 10.1 Å². The zero-order valence-electron chi connectivity index (χ0n) is 17.4. The number of aryl methyl sites for hydroxylation is 3. The molecular weight excluding hydrogens is 398 g/mol. The van der Waals surface area contributed by atoms with E-state index >= 15 is 0 Å². The van der Waals surface area contributed by atoms with Crippen LogP contribution in [-0.4, -0.2) is 18.0 Å². The average molecular weight is 422 g/mol. The number of amides is 1. The zero-order valence-corrected chi connectivity index (χ0v) is 18.2. The van der Waals surface area contributed by atoms with Crippen molar-refractivity contribution in [1.29, 1.82) is 0 Å². The van der Waals surface area contributed by atoms with E-state index in [1.807, 2.05) is 57.2 Å². The molecule has 0 bridgehead atoms. The van der Waals surface area contributed by atoms with Crippen LogP contribution in [0.3, 0.4) is 0 Å². The van der Waals surface area contributed by atoms with Crippen LogP contribution in [0.1, 0.15) is 38.8 Å². The number of thiophene rings is 1. The number of carbonyl (C=O) groups is 2. The van der Waals surface area contributed by atoms with Crippen LogP contribution in [0.4, 0.5) is 5.69 Å². The molecular formula is C24H23NO4S. The van der Waals surface area contributed by atoms with Crippen molar-refractivity contribution >= 4 is 28.9 Å². The van der Waals surface area contributed by atoms with E-state index in [0.717, 1.165) is 44.1 Å². The second kappa shape index (κ2) is 7.95. The summed E-state index contributed by atoms with van der Waals surface area (Å²) in [5.41, 5.74) is 5.77. The first-order valence-electron chi connectivity index (χ1n) is 9.78. The molecule has 6 heteroatoms. The average Bonchev–Trinajstić information content (AvgIpc) is 3.15. The Labute approximate surface area is 179 Å². The first kappa shape index (κ1) is 20.2. The number of ether oxygens (including phenoxy) is 2. The summed E-state index contributed by atoms with van der Waals surface area (Å²) in [4.78, 5) is 26.8. The number of rotatable bonds is 4. The van der Waals surface area contributed by atoms with Crippen molar-refractivity contribution in [2.45, 2.75) is 40.4 Å². The Balaban J connectivity index is 1.47. The Bertz CT molecular complexity index is 1120. The number of carbonyl (C=O) groups excluding carboxylic acids is 2. The molecule has 0 saturated heterocycles. The molecule has 1 atom stereocenters. The van der Waals surface area contributed by atoms with E-state index in [4.69, 9.17) is 9.47 Å². The summed E-state index contributed by atoms with van der Waals surface area (Å²) in [5.74, 6) is -0.0522. The lowest BCUT2D eigenvalue weighted by Crippen LogP contribution is -2.30. The number of nitrogens with one attached hydrogen (secondary N) is 1. The minimum absolute atomic E-state index is 0.353. The van der Waals surface area contributed by atoms with Gasteiger partial charge >= 0.3 is 5.97 Å². The molecule has 5 nitrogen and oxygen atoms in total. The van der Waals surface area contributed by atoms with Gasteiger partial charge < -0.3 is 14.8 Å². The number of hydrogen-bond donors (Lipinski definition) is 1. The number of hydrogen-bond acceptors (Lipinski definition) is 5. The monoisotopic (exact) mass is 421 g/mol. The molecule has 4 rings (SSSR count). The molecule has 0 radical (unpaired) electrons. The molecule has 3 aromatic rings. The minimum Gasteiger partial charge on any atom is -0.488 e. The van der Waals surface area contributed by atoms with Gasteiger partial charge in [-0.15, -0.1) is 11.3 Å². The SMILES string of the molecule is Cc1cc(C)c(NC(=O)[C@H](C)OC(=O)c2cc3c(s2)-c2ccccc2OC3)c(C)c1. The van der Waals surface area contributed by atoms with E-state index in [9.17, 15) is 9.59 Å². The molecule has 0 spiro atoms. The quantitative estimate of drug-likeness (QED) is 0.572. The molecule has 1 aromatic heterocycles. The van der Waals surface area contributed by atoms with Crippen molar-refractivity contribution in [2.24, 2.45) is 0 Å². The van der Waals surface area contributed by atoms with Crippen molar-refractivity contribution in [3.8, 4) is 16.2 Å². The first-order chi connectivity index (χ1) is 14.3. The van der Waals surface area contributed by atoms with Crippen LogP contribution in [0, 0.1) is 20.8 Å². The van der Waals surface area contributed by atoms with Crippen LogP contribution in [0.15, 0.2) is 42.5 Å². The van der Waals surface area contributed by atoms with Crippen LogP contribution >= 0.6 is 11.3 Å². The lowest BCUT2D eigenvalue weighted by molar-refractivity contribution is -0.123. The van der Waals surface area contributed by atoms with E-state index < -0.39 is 12.1 Å². The maximum Gasteiger partial charge on any atom is 0.349 e. The number of benzene rings is 2. The molecule has 30 heavy (non-hydrogen) atoms. The van der Waals surface area contributed by atoms with Gasteiger partial charge in [0.25, 0.3) is 5.91 Å². The molecule has 1 aliphatic rings. The summed E-state index contributed by atoms with van der Waals surface area (Å²) in [7, 11) is 0. The topological polar surface area (TPSA) is 64.6 Å². The standard InChI is InChI=1S/C24H23NO4S/c1-13-9-14(2)21(15(3)10-13)25-23(26)16(4)29-24(27)20-11-17-12-28-19-8-6-5-7-18(19)22(17)30-20/h5-11,16H,12H2,1-4H3,(H,25,26)/t16-/m0/s1. The summed E-state index contributed by atoms with van der Waals surface area (Å²) in [6.45, 7) is 7.90. The van der Waals surface area contributed by atoms with Crippen molar-refractivity contribution in [3.05, 3.63) is 69.6 Å². The van der Waals surface area contributed by atoms with Crippen LogP contribution in [0.5, 0.6) is 5.75 Å². The van der Waals surface area contributed by atoms with Crippen molar-refractivity contribution in [3.63, 3.8) is 0 Å². The summed E-state index contributed by atoms with van der Waals surface area (Å²) < 4.78 is 11.2. The summed E-state index contributed by atoms with van der Waals surface area (Å²) in [5, 5.41) is 2.89. The van der Waals surface area contributed by atoms with Gasteiger partial charge in [-0.05, 0) is 57.0 Å². The van der Waals surface area contributed by atoms with Gasteiger partial charge in [-0.25, -0.2) is 4.79 Å². The number of esters is 1. The van der Waals surface area contributed by atoms with Gasteiger partial charge in [0, 0.05) is 21.7 Å². The first-order valence-corrected chi connectivity index (χ1v) is 10.6. The predicted molar refractivity (Wildman–Crippen MR) is 118 cm³/mol. The third kappa shape index (κ3) is 3.83. The summed E-state index contributed by atoms with van der Waals surface area (Å²) >= 11 is 1.36. The van der Waals surface area contributed by atoms with E-state index in [1.54, 1.807) is 13.0 Å². The molecule has 1 amide bonds. The van der Waals surface area contributed by atoms with Crippen molar-refractivity contribution in [2.75, 3.05) is 5.32 Å². The third-order valence-corrected chi connectivity index (χ3v) is 6.29. The summed E-state index contributed by atoms with van der Waals surface area (Å²) in [6.07, 6.45) is -0.916. The van der Waals surface area contributed by atoms with Crippen molar-refractivity contribution in [1.82, 2.24) is 0 Å². The fourth-order valence-electron chi connectivity index (χ4n) is 3.67. The molecule has 2 aromatic carbocycles. The van der Waals surface area contributed by atoms with Crippen LogP contribution in [-0.2, 0) is 16.1 Å². The molecule has 0 aliphatic carbocycles. The fraction of sp³-hybridized carbons (Fsp3) is 0.250. The second-order valence-corrected chi connectivity index (χ2v) is 8.61. The largest absolute Gasteiger partial charge is 0.488 e. The Morgan fingerprint density at radius 3 is 2.53 bits per heavy atom. The zero-order chi connectivity index (χ0) is 21.4. The maximum absolute atomic E-state index is 12.7. The van der Waals surface area contributed by atoms with Gasteiger partial charge in [0.15, 0.2) is 6.10 Å². The number of para-hydroxylation sites is 1. The Morgan fingerprint density at radius 2 is 1.80 bits per heavy atom. The van der Waals surface area contributed by atoms with Gasteiger partial charge in [0.1, 0.15) is 17.2 Å². The van der Waals surface area contributed by atoms with Gasteiger partial charge in [-0.2, -0.15) is 0 Å². The highest BCUT2D eigenvalue weighted by atomic mass is 32.1. The molecule has 2 heterocycles. The van der Waals surface area contributed by atoms with Gasteiger partial charge in [0.2, 0.25) is 0 Å². The Morgan fingerprint density at radius 1 is 1.10 bits per heavy atom. The molecule has 1 aliphatic heterocycles. The molecule has 154 valence electrons. The van der Waals surface area contributed by atoms with E-state index in [2.05, 4.69) is 5.32 Å². The lowest BCUT2D eigenvalue weighted by Gasteiger charge is -2.16. The van der Waals surface area contributed by atoms with Crippen LogP contribution in [0.2, 0.25) is 0 Å². The van der Waals surface area contributed by atoms with E-state index in [-0.39, 0.29) is 5.91 Å². The summed E-state index contributed by atoms with van der Waals surface area (Å²) in [6, 6.07) is 13.6. The fourth-order valence-corrected chi connectivity index (χ4v) is 4.75. The van der Waals surface area contributed by atoms with Gasteiger partial charge in [0.05, 0.1) is 0 Å². The number of anilines is 1. The van der Waals surface area contributed by atoms with E-state index in [1.165, 1.54) is 11.3 Å². The molecule has 0 saturated carbocycles. The van der Waals surface area contributed by atoms with Gasteiger partial charge in [-0.3, -0.25) is 4.79 Å². The maximum atomic E-state index is 12.7. The normalized spacial score (nSPS) is 12.9. The minimum atomic E-state index is -0.916. The van der Waals surface area contributed by atoms with Crippen LogP contribution in [0.25, 0.3) is 10.4 Å². The van der Waals surface area contributed by atoms with E-state index in [0.29, 0.717) is 11.5 Å². The molecule has 0 fully saturated rings. The highest BCUT2D eigenvalue weighted by Crippen LogP contribution is 2.42. The third-order valence-electron chi connectivity index (χ3n) is 5.10. The molecule has 1 N–H and O–H groups in total. The smallest absolute Gasteiger partial charge is 0.349 e. The highest BCUT2D eigenvalue weighted by molar-refractivity contribution is 7.17. The van der Waals surface area contributed by atoms with Crippen molar-refractivity contribution < 1.29 is 19.1 Å². The number of fused-ring (bicyclic) bond motifs is 3. The molecule has 0 unspecified atom stereocenters. The Kier molecular flexibility index (Phi) is 5.35.